The molecule has 8 heteroatoms. The number of aromatic amines is 1. The minimum Gasteiger partial charge on any atom is -0.480 e. The topological polar surface area (TPSA) is 114 Å². The number of nitrogens with two attached hydrogens (primary N) is 1. The number of rotatable bonds is 4. The summed E-state index contributed by atoms with van der Waals surface area (Å²) in [5.74, 6) is -0.953. The molecule has 1 heterocycles. The Labute approximate surface area is 120 Å². The Morgan fingerprint density at radius 1 is 1.65 bits per heavy atom. The minimum atomic E-state index is -1.16. The van der Waals surface area contributed by atoms with Gasteiger partial charge in [0.1, 0.15) is 5.54 Å². The van der Waals surface area contributed by atoms with Gasteiger partial charge in [0, 0.05) is 11.3 Å². The van der Waals surface area contributed by atoms with E-state index in [1.165, 1.54) is 11.8 Å². The van der Waals surface area contributed by atoms with Gasteiger partial charge in [0.25, 0.3) is 0 Å². The van der Waals surface area contributed by atoms with Crippen LogP contribution in [0.2, 0.25) is 0 Å². The molecular weight excluding hydrogens is 280 g/mol. The lowest BCUT2D eigenvalue weighted by atomic mass is 9.82. The lowest BCUT2D eigenvalue weighted by Crippen LogP contribution is -2.51. The van der Waals surface area contributed by atoms with E-state index in [2.05, 4.69) is 10.2 Å². The molecule has 20 heavy (non-hydrogen) atoms. The summed E-state index contributed by atoms with van der Waals surface area (Å²) in [6.07, 6.45) is 2.55. The Bertz CT molecular complexity index is 553. The summed E-state index contributed by atoms with van der Waals surface area (Å²) < 4.78 is 1.58. The van der Waals surface area contributed by atoms with E-state index in [9.17, 15) is 14.7 Å². The molecular formula is C12H20N4O3S. The van der Waals surface area contributed by atoms with Gasteiger partial charge < -0.3 is 10.8 Å². The van der Waals surface area contributed by atoms with Crippen molar-refractivity contribution in [2.24, 2.45) is 5.73 Å². The average molecular weight is 300 g/mol. The number of thioether (sulfide) groups is 1. The number of nitrogens with zero attached hydrogens (tertiary/aromatic N) is 2. The predicted octanol–water partition coefficient (Wildman–Crippen LogP) is 0.969. The Hall–Kier alpha value is -1.28. The van der Waals surface area contributed by atoms with Gasteiger partial charge >= 0.3 is 11.7 Å². The van der Waals surface area contributed by atoms with Crippen molar-refractivity contribution in [1.29, 1.82) is 0 Å². The van der Waals surface area contributed by atoms with Crippen LogP contribution in [0.15, 0.2) is 9.95 Å². The maximum atomic E-state index is 11.7. The molecule has 4 N–H and O–H groups in total. The van der Waals surface area contributed by atoms with E-state index in [0.29, 0.717) is 18.0 Å². The lowest BCUT2D eigenvalue weighted by Gasteiger charge is -2.33. The number of carboxylic acid groups (broad SMARTS) is 1. The van der Waals surface area contributed by atoms with Gasteiger partial charge in [-0.1, -0.05) is 11.8 Å². The first kappa shape index (κ1) is 15.1. The second-order valence-corrected chi connectivity index (χ2v) is 6.84. The number of hydrogen-bond donors (Lipinski definition) is 3. The summed E-state index contributed by atoms with van der Waals surface area (Å²) in [6.45, 7) is 3.82. The zero-order valence-electron chi connectivity index (χ0n) is 11.6. The average Bonchev–Trinajstić information content (AvgIpc) is 2.70. The van der Waals surface area contributed by atoms with Crippen LogP contribution in [0.4, 0.5) is 0 Å². The molecule has 0 aliphatic heterocycles. The Morgan fingerprint density at radius 3 is 2.95 bits per heavy atom. The molecule has 2 rings (SSSR count). The molecule has 0 aromatic carbocycles. The van der Waals surface area contributed by atoms with E-state index in [0.717, 1.165) is 12.8 Å². The van der Waals surface area contributed by atoms with Crippen molar-refractivity contribution < 1.29 is 9.90 Å². The van der Waals surface area contributed by atoms with Gasteiger partial charge in [-0.15, -0.1) is 5.10 Å². The third-order valence-electron chi connectivity index (χ3n) is 3.63. The molecule has 1 aliphatic rings. The first-order chi connectivity index (χ1) is 9.33. The maximum Gasteiger partial charge on any atom is 0.344 e. The molecule has 1 aliphatic carbocycles. The number of nitrogens with one attached hydrogen (secondary N) is 1. The van der Waals surface area contributed by atoms with Gasteiger partial charge in [-0.3, -0.25) is 9.36 Å². The van der Waals surface area contributed by atoms with Crippen LogP contribution in [-0.4, -0.2) is 36.6 Å². The molecule has 2 unspecified atom stereocenters. The van der Waals surface area contributed by atoms with Crippen molar-refractivity contribution >= 4 is 17.7 Å². The fraction of sp³-hybridized carbons (Fsp3) is 0.750. The first-order valence-corrected chi connectivity index (χ1v) is 7.57. The molecule has 1 saturated carbocycles. The van der Waals surface area contributed by atoms with E-state index >= 15 is 0 Å². The van der Waals surface area contributed by atoms with E-state index in [1.807, 2.05) is 13.8 Å². The maximum absolute atomic E-state index is 11.7. The predicted molar refractivity (Wildman–Crippen MR) is 75.9 cm³/mol. The second kappa shape index (κ2) is 5.61. The monoisotopic (exact) mass is 300 g/mol. The standard InChI is InChI=1S/C12H20N4O3S/c1-7(2)16-10(19)14-15-11(16)20-8-4-3-5-12(13,6-8)9(17)18/h7-8H,3-6,13H2,1-2H3,(H,14,19)(H,17,18). The highest BCUT2D eigenvalue weighted by Crippen LogP contribution is 2.36. The summed E-state index contributed by atoms with van der Waals surface area (Å²) in [7, 11) is 0. The van der Waals surface area contributed by atoms with Crippen molar-refractivity contribution in [2.45, 2.75) is 61.5 Å². The van der Waals surface area contributed by atoms with Crippen LogP contribution in [0.3, 0.4) is 0 Å². The Balaban J connectivity index is 2.15. The Morgan fingerprint density at radius 2 is 2.35 bits per heavy atom. The Kier molecular flexibility index (Phi) is 4.24. The number of hydrogen-bond acceptors (Lipinski definition) is 5. The second-order valence-electron chi connectivity index (χ2n) is 5.57. The summed E-state index contributed by atoms with van der Waals surface area (Å²) in [4.78, 5) is 22.9. The molecule has 2 atom stereocenters. The van der Waals surface area contributed by atoms with Gasteiger partial charge in [0.15, 0.2) is 5.16 Å². The largest absolute Gasteiger partial charge is 0.480 e. The highest BCUT2D eigenvalue weighted by molar-refractivity contribution is 7.99. The molecule has 0 radical (unpaired) electrons. The zero-order valence-corrected chi connectivity index (χ0v) is 12.4. The minimum absolute atomic E-state index is 0.00875. The fourth-order valence-electron chi connectivity index (χ4n) is 2.53. The van der Waals surface area contributed by atoms with Crippen molar-refractivity contribution in [2.75, 3.05) is 0 Å². The molecule has 7 nitrogen and oxygen atoms in total. The van der Waals surface area contributed by atoms with Crippen LogP contribution in [0.1, 0.15) is 45.6 Å². The number of H-pyrrole nitrogens is 1. The van der Waals surface area contributed by atoms with Gasteiger partial charge in [-0.25, -0.2) is 9.89 Å². The molecule has 0 amide bonds. The smallest absolute Gasteiger partial charge is 0.344 e. The number of carboxylic acids is 1. The van der Waals surface area contributed by atoms with Crippen molar-refractivity contribution in [3.05, 3.63) is 10.5 Å². The van der Waals surface area contributed by atoms with Crippen LogP contribution < -0.4 is 11.4 Å². The molecule has 1 fully saturated rings. The first-order valence-electron chi connectivity index (χ1n) is 6.69. The SMILES string of the molecule is CC(C)n1c(SC2CCCC(N)(C(=O)O)C2)n[nH]c1=O. The zero-order chi connectivity index (χ0) is 14.9. The highest BCUT2D eigenvalue weighted by Gasteiger charge is 2.40. The van der Waals surface area contributed by atoms with Crippen LogP contribution in [0.25, 0.3) is 0 Å². The van der Waals surface area contributed by atoms with E-state index < -0.39 is 11.5 Å². The molecule has 0 spiro atoms. The van der Waals surface area contributed by atoms with Crippen LogP contribution in [0, 0.1) is 0 Å². The van der Waals surface area contributed by atoms with Crippen LogP contribution in [0.5, 0.6) is 0 Å². The molecule has 0 bridgehead atoms. The fourth-order valence-corrected chi connectivity index (χ4v) is 4.00. The van der Waals surface area contributed by atoms with Crippen LogP contribution in [-0.2, 0) is 4.79 Å². The van der Waals surface area contributed by atoms with Crippen molar-refractivity contribution in [3.63, 3.8) is 0 Å². The number of aliphatic carboxylic acids is 1. The normalized spacial score (nSPS) is 26.9. The highest BCUT2D eigenvalue weighted by atomic mass is 32.2. The molecule has 1 aromatic rings. The molecule has 0 saturated heterocycles. The van der Waals surface area contributed by atoms with Crippen LogP contribution >= 0.6 is 11.8 Å². The molecule has 112 valence electrons. The third kappa shape index (κ3) is 2.90. The van der Waals surface area contributed by atoms with Crippen molar-refractivity contribution in [1.82, 2.24) is 14.8 Å². The number of aromatic nitrogens is 3. The van der Waals surface area contributed by atoms with E-state index in [-0.39, 0.29) is 17.0 Å². The summed E-state index contributed by atoms with van der Waals surface area (Å²) >= 11 is 1.44. The molecule has 1 aromatic heterocycles. The van der Waals surface area contributed by atoms with Gasteiger partial charge in [-0.2, -0.15) is 0 Å². The van der Waals surface area contributed by atoms with E-state index in [1.54, 1.807) is 4.57 Å². The van der Waals surface area contributed by atoms with Gasteiger partial charge in [0.2, 0.25) is 0 Å². The summed E-state index contributed by atoms with van der Waals surface area (Å²) in [6, 6.07) is 0.00875. The van der Waals surface area contributed by atoms with E-state index in [4.69, 9.17) is 5.73 Å². The summed E-state index contributed by atoms with van der Waals surface area (Å²) in [5.41, 5.74) is 4.54. The van der Waals surface area contributed by atoms with Gasteiger partial charge in [-0.05, 0) is 39.5 Å². The lowest BCUT2D eigenvalue weighted by molar-refractivity contribution is -0.144. The summed E-state index contributed by atoms with van der Waals surface area (Å²) in [5, 5.41) is 16.4. The third-order valence-corrected chi connectivity index (χ3v) is 4.86. The van der Waals surface area contributed by atoms with Crippen molar-refractivity contribution in [3.8, 4) is 0 Å². The number of carbonyl (C=O) groups is 1. The van der Waals surface area contributed by atoms with Gasteiger partial charge in [0.05, 0.1) is 0 Å². The quantitative estimate of drug-likeness (QED) is 0.763.